The second-order valence-corrected chi connectivity index (χ2v) is 7.03. The smallest absolute Gasteiger partial charge is 0.0675 e. The SMILES string of the molecule is CCC1(C)CC(CO)(Nc2ccc(Cl)c(Br)c2)CCO1. The van der Waals surface area contributed by atoms with Crippen molar-refractivity contribution in [1.29, 1.82) is 0 Å². The van der Waals surface area contributed by atoms with Crippen molar-refractivity contribution in [3.05, 3.63) is 27.7 Å². The highest BCUT2D eigenvalue weighted by Crippen LogP contribution is 2.37. The second-order valence-electron chi connectivity index (χ2n) is 5.77. The molecule has 1 aliphatic rings. The van der Waals surface area contributed by atoms with Crippen molar-refractivity contribution in [3.8, 4) is 0 Å². The van der Waals surface area contributed by atoms with Crippen LogP contribution in [0.1, 0.15) is 33.1 Å². The van der Waals surface area contributed by atoms with Gasteiger partial charge in [0.25, 0.3) is 0 Å². The summed E-state index contributed by atoms with van der Waals surface area (Å²) in [4.78, 5) is 0. The molecule has 0 spiro atoms. The molecule has 1 heterocycles. The molecule has 1 aromatic rings. The van der Waals surface area contributed by atoms with Gasteiger partial charge in [0.05, 0.1) is 22.8 Å². The van der Waals surface area contributed by atoms with Gasteiger partial charge in [0.1, 0.15) is 0 Å². The third-order valence-electron chi connectivity index (χ3n) is 4.12. The van der Waals surface area contributed by atoms with Crippen LogP contribution in [-0.2, 0) is 4.74 Å². The van der Waals surface area contributed by atoms with E-state index in [2.05, 4.69) is 35.1 Å². The highest BCUT2D eigenvalue weighted by Gasteiger charge is 2.42. The highest BCUT2D eigenvalue weighted by molar-refractivity contribution is 9.10. The molecule has 20 heavy (non-hydrogen) atoms. The fraction of sp³-hybridized carbons (Fsp3) is 0.600. The third-order valence-corrected chi connectivity index (χ3v) is 5.34. The largest absolute Gasteiger partial charge is 0.394 e. The number of rotatable bonds is 4. The normalized spacial score (nSPS) is 30.2. The molecule has 0 aromatic heterocycles. The predicted molar refractivity (Wildman–Crippen MR) is 86.5 cm³/mol. The number of benzene rings is 1. The molecule has 1 fully saturated rings. The average Bonchev–Trinajstić information content (AvgIpc) is 2.43. The standard InChI is InChI=1S/C15H21BrClNO2/c1-3-14(2)9-15(10-19,6-7-20-14)18-11-4-5-13(17)12(16)8-11/h4-5,8,18-19H,3,6-7,9-10H2,1-2H3. The van der Waals surface area contributed by atoms with E-state index in [9.17, 15) is 5.11 Å². The number of halogens is 2. The summed E-state index contributed by atoms with van der Waals surface area (Å²) in [6.07, 6.45) is 2.51. The molecule has 2 rings (SSSR count). The molecule has 5 heteroatoms. The van der Waals surface area contributed by atoms with Gasteiger partial charge >= 0.3 is 0 Å². The van der Waals surface area contributed by atoms with Crippen LogP contribution in [-0.4, -0.2) is 29.5 Å². The molecule has 0 aliphatic carbocycles. The molecule has 1 aromatic carbocycles. The zero-order valence-electron chi connectivity index (χ0n) is 11.9. The summed E-state index contributed by atoms with van der Waals surface area (Å²) in [5.74, 6) is 0. The lowest BCUT2D eigenvalue weighted by Gasteiger charge is -2.46. The summed E-state index contributed by atoms with van der Waals surface area (Å²) in [7, 11) is 0. The van der Waals surface area contributed by atoms with Gasteiger partial charge in [0.2, 0.25) is 0 Å². The van der Waals surface area contributed by atoms with E-state index in [4.69, 9.17) is 16.3 Å². The van der Waals surface area contributed by atoms with Crippen LogP contribution >= 0.6 is 27.5 Å². The van der Waals surface area contributed by atoms with Crippen molar-refractivity contribution in [2.24, 2.45) is 0 Å². The quantitative estimate of drug-likeness (QED) is 0.842. The fourth-order valence-electron chi connectivity index (χ4n) is 2.74. The molecule has 112 valence electrons. The zero-order valence-corrected chi connectivity index (χ0v) is 14.2. The summed E-state index contributed by atoms with van der Waals surface area (Å²) >= 11 is 9.44. The summed E-state index contributed by atoms with van der Waals surface area (Å²) < 4.78 is 6.72. The van der Waals surface area contributed by atoms with Crippen molar-refractivity contribution in [2.45, 2.75) is 44.2 Å². The predicted octanol–water partition coefficient (Wildman–Crippen LogP) is 4.22. The molecule has 1 saturated heterocycles. The Kier molecular flexibility index (Phi) is 5.00. The molecule has 0 bridgehead atoms. The molecular weight excluding hydrogens is 342 g/mol. The van der Waals surface area contributed by atoms with Gasteiger partial charge in [-0.05, 0) is 53.9 Å². The first-order chi connectivity index (χ1) is 9.42. The summed E-state index contributed by atoms with van der Waals surface area (Å²) in [6.45, 7) is 4.97. The Bertz CT molecular complexity index is 485. The number of nitrogens with one attached hydrogen (secondary N) is 1. The molecule has 2 unspecified atom stereocenters. The number of hydrogen-bond acceptors (Lipinski definition) is 3. The van der Waals surface area contributed by atoms with Gasteiger partial charge in [-0.1, -0.05) is 18.5 Å². The van der Waals surface area contributed by atoms with Crippen LogP contribution < -0.4 is 5.32 Å². The van der Waals surface area contributed by atoms with Crippen LogP contribution in [0, 0.1) is 0 Å². The minimum Gasteiger partial charge on any atom is -0.394 e. The maximum absolute atomic E-state index is 9.90. The Morgan fingerprint density at radius 3 is 2.85 bits per heavy atom. The molecule has 2 N–H and O–H groups in total. The maximum Gasteiger partial charge on any atom is 0.0675 e. The summed E-state index contributed by atoms with van der Waals surface area (Å²) in [5.41, 5.74) is 0.434. The van der Waals surface area contributed by atoms with Crippen LogP contribution in [0.15, 0.2) is 22.7 Å². The average molecular weight is 363 g/mol. The molecule has 2 atom stereocenters. The monoisotopic (exact) mass is 361 g/mol. The number of hydrogen-bond donors (Lipinski definition) is 2. The summed E-state index contributed by atoms with van der Waals surface area (Å²) in [6, 6.07) is 5.72. The van der Waals surface area contributed by atoms with E-state index in [1.807, 2.05) is 18.2 Å². The zero-order chi connectivity index (χ0) is 14.8. The number of aliphatic hydroxyl groups excluding tert-OH is 1. The van der Waals surface area contributed by atoms with Crippen molar-refractivity contribution < 1.29 is 9.84 Å². The lowest BCUT2D eigenvalue weighted by atomic mass is 9.79. The van der Waals surface area contributed by atoms with E-state index in [1.165, 1.54) is 0 Å². The minimum atomic E-state index is -0.337. The van der Waals surface area contributed by atoms with Crippen LogP contribution in [0.3, 0.4) is 0 Å². The van der Waals surface area contributed by atoms with Crippen LogP contribution in [0.5, 0.6) is 0 Å². The Morgan fingerprint density at radius 1 is 1.50 bits per heavy atom. The van der Waals surface area contributed by atoms with E-state index in [0.717, 1.165) is 29.4 Å². The van der Waals surface area contributed by atoms with Gasteiger partial charge in [0.15, 0.2) is 0 Å². The fourth-order valence-corrected chi connectivity index (χ4v) is 3.23. The topological polar surface area (TPSA) is 41.5 Å². The molecule has 0 amide bonds. The first-order valence-corrected chi connectivity index (χ1v) is 8.07. The Morgan fingerprint density at radius 2 is 2.25 bits per heavy atom. The second kappa shape index (κ2) is 6.22. The van der Waals surface area contributed by atoms with Crippen molar-refractivity contribution >= 4 is 33.2 Å². The van der Waals surface area contributed by atoms with Crippen LogP contribution in [0.4, 0.5) is 5.69 Å². The number of aliphatic hydroxyl groups is 1. The molecular formula is C15H21BrClNO2. The first-order valence-electron chi connectivity index (χ1n) is 6.90. The third kappa shape index (κ3) is 3.48. The van der Waals surface area contributed by atoms with Crippen molar-refractivity contribution in [3.63, 3.8) is 0 Å². The van der Waals surface area contributed by atoms with Gasteiger partial charge in [-0.3, -0.25) is 0 Å². The molecule has 1 aliphatic heterocycles. The maximum atomic E-state index is 9.90. The van der Waals surface area contributed by atoms with Crippen molar-refractivity contribution in [1.82, 2.24) is 0 Å². The van der Waals surface area contributed by atoms with E-state index < -0.39 is 0 Å². The lowest BCUT2D eigenvalue weighted by Crippen LogP contribution is -2.54. The van der Waals surface area contributed by atoms with Gasteiger partial charge in [-0.2, -0.15) is 0 Å². The van der Waals surface area contributed by atoms with E-state index >= 15 is 0 Å². The lowest BCUT2D eigenvalue weighted by molar-refractivity contribution is -0.0973. The van der Waals surface area contributed by atoms with E-state index in [1.54, 1.807) is 0 Å². The van der Waals surface area contributed by atoms with Gasteiger partial charge < -0.3 is 15.2 Å². The van der Waals surface area contributed by atoms with E-state index in [0.29, 0.717) is 11.6 Å². The van der Waals surface area contributed by atoms with Gasteiger partial charge in [-0.15, -0.1) is 0 Å². The molecule has 0 saturated carbocycles. The Labute approximate surface area is 133 Å². The number of ether oxygens (including phenoxy) is 1. The van der Waals surface area contributed by atoms with Gasteiger partial charge in [0, 0.05) is 23.2 Å². The Balaban J connectivity index is 2.20. The Hall–Kier alpha value is -0.290. The molecule has 3 nitrogen and oxygen atoms in total. The summed E-state index contributed by atoms with van der Waals surface area (Å²) in [5, 5.41) is 14.1. The minimum absolute atomic E-state index is 0.0895. The first kappa shape index (κ1) is 16.1. The molecule has 0 radical (unpaired) electrons. The van der Waals surface area contributed by atoms with Gasteiger partial charge in [-0.25, -0.2) is 0 Å². The van der Waals surface area contributed by atoms with Crippen LogP contribution in [0.25, 0.3) is 0 Å². The number of anilines is 1. The van der Waals surface area contributed by atoms with E-state index in [-0.39, 0.29) is 17.7 Å². The van der Waals surface area contributed by atoms with Crippen molar-refractivity contribution in [2.75, 3.05) is 18.5 Å². The van der Waals surface area contributed by atoms with Crippen LogP contribution in [0.2, 0.25) is 5.02 Å². The highest BCUT2D eigenvalue weighted by atomic mass is 79.9.